The van der Waals surface area contributed by atoms with Crippen LogP contribution in [-0.2, 0) is 13.1 Å². The number of aryl methyl sites for hydroxylation is 1. The number of nitrogens with zero attached hydrogens (tertiary/aromatic N) is 6. The first-order valence-electron chi connectivity index (χ1n) is 10.7. The molecule has 5 rings (SSSR count). The normalized spacial score (nSPS) is 14.4. The molecule has 1 saturated heterocycles. The van der Waals surface area contributed by atoms with Gasteiger partial charge >= 0.3 is 5.69 Å². The van der Waals surface area contributed by atoms with Crippen molar-refractivity contribution in [3.8, 4) is 10.4 Å². The van der Waals surface area contributed by atoms with E-state index in [1.165, 1.54) is 26.1 Å². The molecule has 4 aromatic rings. The SMILES string of the molecule is CCn1nnc(Cn2c(=O)n(C3CCNCC3)c(=O)c3sc(-c4cccc(F)c4F)cc32)n1.Cl. The molecule has 0 spiro atoms. The maximum Gasteiger partial charge on any atom is 0.332 e. The summed E-state index contributed by atoms with van der Waals surface area (Å²) in [6.45, 7) is 3.79. The Morgan fingerprint density at radius 2 is 1.97 bits per heavy atom. The molecule has 1 aliphatic rings. The van der Waals surface area contributed by atoms with Gasteiger partial charge in [-0.25, -0.2) is 13.6 Å². The number of hydrogen-bond donors (Lipinski definition) is 1. The van der Waals surface area contributed by atoms with Crippen LogP contribution in [0.1, 0.15) is 31.6 Å². The number of piperidine rings is 1. The molecule has 0 amide bonds. The van der Waals surface area contributed by atoms with Crippen molar-refractivity contribution in [3.63, 3.8) is 0 Å². The molecule has 0 radical (unpaired) electrons. The van der Waals surface area contributed by atoms with Gasteiger partial charge in [-0.15, -0.1) is 33.9 Å². The molecule has 34 heavy (non-hydrogen) atoms. The number of thiophene rings is 1. The number of hydrogen-bond acceptors (Lipinski definition) is 7. The van der Waals surface area contributed by atoms with Crippen molar-refractivity contribution >= 4 is 34.0 Å². The van der Waals surface area contributed by atoms with Crippen LogP contribution in [0, 0.1) is 11.6 Å². The second-order valence-corrected chi connectivity index (χ2v) is 8.90. The van der Waals surface area contributed by atoms with E-state index in [4.69, 9.17) is 0 Å². The Balaban J connectivity index is 0.00000274. The van der Waals surface area contributed by atoms with E-state index >= 15 is 0 Å². The van der Waals surface area contributed by atoms with Gasteiger partial charge in [-0.3, -0.25) is 13.9 Å². The Bertz CT molecular complexity index is 1460. The summed E-state index contributed by atoms with van der Waals surface area (Å²) in [5.74, 6) is -1.65. The van der Waals surface area contributed by atoms with Gasteiger partial charge in [0.2, 0.25) is 0 Å². The minimum absolute atomic E-state index is 0. The highest BCUT2D eigenvalue weighted by atomic mass is 35.5. The molecule has 0 bridgehead atoms. The fourth-order valence-electron chi connectivity index (χ4n) is 4.15. The topological polar surface area (TPSA) is 99.6 Å². The lowest BCUT2D eigenvalue weighted by Crippen LogP contribution is -2.45. The van der Waals surface area contributed by atoms with Crippen LogP contribution in [0.25, 0.3) is 20.7 Å². The number of halogens is 3. The van der Waals surface area contributed by atoms with E-state index in [2.05, 4.69) is 20.7 Å². The second-order valence-electron chi connectivity index (χ2n) is 7.85. The van der Waals surface area contributed by atoms with Crippen molar-refractivity contribution in [2.24, 2.45) is 0 Å². The third-order valence-corrected chi connectivity index (χ3v) is 6.97. The minimum atomic E-state index is -0.996. The predicted octanol–water partition coefficient (Wildman–Crippen LogP) is 2.57. The molecule has 4 heterocycles. The van der Waals surface area contributed by atoms with E-state index in [-0.39, 0.29) is 30.6 Å². The number of benzene rings is 1. The van der Waals surface area contributed by atoms with Gasteiger partial charge in [0.25, 0.3) is 5.56 Å². The first kappa shape index (κ1) is 24.2. The van der Waals surface area contributed by atoms with E-state index < -0.39 is 22.9 Å². The zero-order valence-electron chi connectivity index (χ0n) is 18.2. The third kappa shape index (κ3) is 4.17. The van der Waals surface area contributed by atoms with Crippen molar-refractivity contribution < 1.29 is 8.78 Å². The maximum atomic E-state index is 14.5. The van der Waals surface area contributed by atoms with E-state index in [9.17, 15) is 18.4 Å². The number of rotatable bonds is 5. The summed E-state index contributed by atoms with van der Waals surface area (Å²) in [6, 6.07) is 5.20. The van der Waals surface area contributed by atoms with Gasteiger partial charge in [0.1, 0.15) is 4.70 Å². The lowest BCUT2D eigenvalue weighted by Gasteiger charge is -2.24. The van der Waals surface area contributed by atoms with Gasteiger partial charge in [0.15, 0.2) is 17.5 Å². The fourth-order valence-corrected chi connectivity index (χ4v) is 5.26. The van der Waals surface area contributed by atoms with Crippen LogP contribution in [0.15, 0.2) is 33.9 Å². The van der Waals surface area contributed by atoms with E-state index in [0.29, 0.717) is 53.4 Å². The van der Waals surface area contributed by atoms with Crippen molar-refractivity contribution in [2.75, 3.05) is 13.1 Å². The van der Waals surface area contributed by atoms with Crippen LogP contribution in [0.4, 0.5) is 8.78 Å². The van der Waals surface area contributed by atoms with Crippen molar-refractivity contribution in [1.82, 2.24) is 34.7 Å². The molecular weight excluding hydrogens is 488 g/mol. The van der Waals surface area contributed by atoms with E-state index in [0.717, 1.165) is 17.4 Å². The van der Waals surface area contributed by atoms with E-state index in [1.807, 2.05) is 6.92 Å². The highest BCUT2D eigenvalue weighted by Crippen LogP contribution is 2.34. The van der Waals surface area contributed by atoms with Crippen LogP contribution in [-0.4, -0.2) is 42.4 Å². The molecular formula is C21H22ClF2N7O2S. The molecule has 1 aromatic carbocycles. The molecule has 0 aliphatic carbocycles. The van der Waals surface area contributed by atoms with Crippen LogP contribution in [0.3, 0.4) is 0 Å². The molecule has 3 aromatic heterocycles. The quantitative estimate of drug-likeness (QED) is 0.444. The lowest BCUT2D eigenvalue weighted by molar-refractivity contribution is 0.346. The molecule has 1 N–H and O–H groups in total. The Morgan fingerprint density at radius 3 is 2.68 bits per heavy atom. The molecule has 0 atom stereocenters. The number of aromatic nitrogens is 6. The second kappa shape index (κ2) is 9.72. The van der Waals surface area contributed by atoms with Crippen molar-refractivity contribution in [1.29, 1.82) is 0 Å². The third-order valence-electron chi connectivity index (χ3n) is 5.82. The molecule has 1 aliphatic heterocycles. The van der Waals surface area contributed by atoms with Gasteiger partial charge in [-0.05, 0) is 50.2 Å². The summed E-state index contributed by atoms with van der Waals surface area (Å²) in [6.07, 6.45) is 1.28. The Labute approximate surface area is 202 Å². The number of tetrazole rings is 1. The summed E-state index contributed by atoms with van der Waals surface area (Å²) in [5, 5.41) is 15.4. The first-order valence-corrected chi connectivity index (χ1v) is 11.5. The monoisotopic (exact) mass is 509 g/mol. The van der Waals surface area contributed by atoms with Gasteiger partial charge in [-0.2, -0.15) is 4.80 Å². The zero-order chi connectivity index (χ0) is 23.1. The predicted molar refractivity (Wildman–Crippen MR) is 127 cm³/mol. The maximum absolute atomic E-state index is 14.5. The highest BCUT2D eigenvalue weighted by Gasteiger charge is 2.25. The fraction of sp³-hybridized carbons (Fsp3) is 0.381. The molecule has 0 saturated carbocycles. The Morgan fingerprint density at radius 1 is 1.21 bits per heavy atom. The molecule has 1 fully saturated rings. The van der Waals surface area contributed by atoms with Crippen LogP contribution in [0.5, 0.6) is 0 Å². The molecule has 0 unspecified atom stereocenters. The summed E-state index contributed by atoms with van der Waals surface area (Å²) in [4.78, 5) is 28.7. The van der Waals surface area contributed by atoms with Gasteiger partial charge in [-0.1, -0.05) is 12.1 Å². The molecule has 13 heteroatoms. The first-order chi connectivity index (χ1) is 16.0. The van der Waals surface area contributed by atoms with E-state index in [1.54, 1.807) is 6.07 Å². The Kier molecular flexibility index (Phi) is 6.91. The largest absolute Gasteiger partial charge is 0.332 e. The van der Waals surface area contributed by atoms with Crippen molar-refractivity contribution in [2.45, 2.75) is 38.9 Å². The van der Waals surface area contributed by atoms with Crippen LogP contribution >= 0.6 is 23.7 Å². The Hall–Kier alpha value is -2.96. The summed E-state index contributed by atoms with van der Waals surface area (Å²) < 4.78 is 31.4. The molecule has 180 valence electrons. The highest BCUT2D eigenvalue weighted by molar-refractivity contribution is 7.22. The molecule has 9 nitrogen and oxygen atoms in total. The van der Waals surface area contributed by atoms with Crippen LogP contribution in [0.2, 0.25) is 0 Å². The summed E-state index contributed by atoms with van der Waals surface area (Å²) in [7, 11) is 0. The van der Waals surface area contributed by atoms with Crippen LogP contribution < -0.4 is 16.6 Å². The average Bonchev–Trinajstić information content (AvgIpc) is 3.47. The average molecular weight is 510 g/mol. The number of nitrogens with one attached hydrogen (secondary N) is 1. The van der Waals surface area contributed by atoms with Gasteiger partial charge in [0.05, 0.1) is 18.6 Å². The smallest absolute Gasteiger partial charge is 0.317 e. The van der Waals surface area contributed by atoms with Crippen molar-refractivity contribution in [3.05, 3.63) is 62.6 Å². The zero-order valence-corrected chi connectivity index (χ0v) is 19.8. The number of fused-ring (bicyclic) bond motifs is 1. The standard InChI is InChI=1S/C21H21F2N7O2S.ClH/c1-2-29-26-17(25-27-29)11-28-15-10-16(13-4-3-5-14(22)18(13)23)33-19(15)20(31)30(21(28)32)12-6-8-24-9-7-12;/h3-5,10,12,24H,2,6-9,11H2,1H3;1H. The van der Waals surface area contributed by atoms with Gasteiger partial charge < -0.3 is 5.32 Å². The van der Waals surface area contributed by atoms with Gasteiger partial charge in [0, 0.05) is 16.5 Å². The summed E-state index contributed by atoms with van der Waals surface area (Å²) in [5.41, 5.74) is -0.516. The summed E-state index contributed by atoms with van der Waals surface area (Å²) >= 11 is 1.04. The lowest BCUT2D eigenvalue weighted by atomic mass is 10.1. The minimum Gasteiger partial charge on any atom is -0.317 e.